The van der Waals surface area contributed by atoms with Crippen LogP contribution in [0.25, 0.3) is 0 Å². The third kappa shape index (κ3) is 4.02. The van der Waals surface area contributed by atoms with Gasteiger partial charge in [0.1, 0.15) is 5.41 Å². The SMILES string of the molecule is C=C[C@H]1c2ccccc2N(S(=O)(=O)c2ccc(C)cc2)[C@@H](c2ccccc2)[C@]12C(=O)N(c1ccccc1)N=C2C(C)C. The van der Waals surface area contributed by atoms with Crippen molar-refractivity contribution in [3.05, 3.63) is 139 Å². The Balaban J connectivity index is 1.73. The smallest absolute Gasteiger partial charge is 0.264 e. The van der Waals surface area contributed by atoms with Gasteiger partial charge in [-0.25, -0.2) is 8.42 Å². The fourth-order valence-corrected chi connectivity index (χ4v) is 8.23. The van der Waals surface area contributed by atoms with Crippen LogP contribution in [-0.2, 0) is 14.8 Å². The molecule has 1 spiro atoms. The standard InChI is InChI=1S/C35H33N3O3S/c1-5-30-29-18-12-13-19-31(29)38(42(40,41)28-22-20-25(4)21-23-28)33(26-14-8-6-9-15-26)35(30)32(24(2)3)36-37(34(35)39)27-16-10-7-11-17-27/h5-24,30,33H,1H2,2-4H3/t30-,33-,35-/m0/s1. The van der Waals surface area contributed by atoms with Crippen molar-refractivity contribution in [2.24, 2.45) is 16.4 Å². The number of aryl methyl sites for hydroxylation is 1. The summed E-state index contributed by atoms with van der Waals surface area (Å²) in [5.41, 5.74) is 2.73. The summed E-state index contributed by atoms with van der Waals surface area (Å²) >= 11 is 0. The number of fused-ring (bicyclic) bond motifs is 1. The van der Waals surface area contributed by atoms with Crippen molar-refractivity contribution in [2.75, 3.05) is 9.31 Å². The first-order valence-corrected chi connectivity index (χ1v) is 15.5. The molecule has 0 N–H and O–H groups in total. The molecular weight excluding hydrogens is 542 g/mol. The number of rotatable bonds is 6. The van der Waals surface area contributed by atoms with Crippen molar-refractivity contribution in [1.29, 1.82) is 0 Å². The first-order chi connectivity index (χ1) is 20.2. The van der Waals surface area contributed by atoms with Gasteiger partial charge in [-0.05, 0) is 54.3 Å². The van der Waals surface area contributed by atoms with Gasteiger partial charge >= 0.3 is 0 Å². The molecule has 2 heterocycles. The normalized spacial score (nSPS) is 21.9. The zero-order chi connectivity index (χ0) is 29.6. The Hall–Kier alpha value is -4.49. The number of anilines is 2. The molecule has 4 aromatic carbocycles. The van der Waals surface area contributed by atoms with Crippen LogP contribution in [-0.4, -0.2) is 20.0 Å². The van der Waals surface area contributed by atoms with E-state index in [1.165, 1.54) is 9.31 Å². The van der Waals surface area contributed by atoms with Crippen LogP contribution in [0.15, 0.2) is 132 Å². The lowest BCUT2D eigenvalue weighted by molar-refractivity contribution is -0.125. The van der Waals surface area contributed by atoms with E-state index in [4.69, 9.17) is 5.10 Å². The monoisotopic (exact) mass is 575 g/mol. The molecule has 42 heavy (non-hydrogen) atoms. The van der Waals surface area contributed by atoms with Gasteiger partial charge < -0.3 is 0 Å². The van der Waals surface area contributed by atoms with Crippen molar-refractivity contribution in [1.82, 2.24) is 0 Å². The van der Waals surface area contributed by atoms with Crippen molar-refractivity contribution < 1.29 is 13.2 Å². The third-order valence-electron chi connectivity index (χ3n) is 8.32. The number of hydrogen-bond acceptors (Lipinski definition) is 4. The molecule has 0 radical (unpaired) electrons. The summed E-state index contributed by atoms with van der Waals surface area (Å²) in [4.78, 5) is 15.3. The van der Waals surface area contributed by atoms with Crippen molar-refractivity contribution >= 4 is 33.0 Å². The van der Waals surface area contributed by atoms with Gasteiger partial charge in [0.25, 0.3) is 15.9 Å². The highest BCUT2D eigenvalue weighted by Gasteiger charge is 2.66. The van der Waals surface area contributed by atoms with Crippen LogP contribution in [0.1, 0.15) is 42.5 Å². The zero-order valence-electron chi connectivity index (χ0n) is 23.9. The van der Waals surface area contributed by atoms with Crippen LogP contribution in [0.3, 0.4) is 0 Å². The summed E-state index contributed by atoms with van der Waals surface area (Å²) in [5.74, 6) is -1.01. The highest BCUT2D eigenvalue weighted by atomic mass is 32.2. The molecule has 1 amide bonds. The Morgan fingerprint density at radius 2 is 1.45 bits per heavy atom. The van der Waals surface area contributed by atoms with E-state index in [1.807, 2.05) is 106 Å². The summed E-state index contributed by atoms with van der Waals surface area (Å²) in [6, 6.07) is 32.1. The first-order valence-electron chi connectivity index (χ1n) is 14.1. The van der Waals surface area contributed by atoms with Gasteiger partial charge in [0.05, 0.1) is 28.0 Å². The van der Waals surface area contributed by atoms with E-state index in [-0.39, 0.29) is 16.7 Å². The van der Waals surface area contributed by atoms with E-state index >= 15 is 4.79 Å². The Bertz CT molecular complexity index is 1780. The summed E-state index contributed by atoms with van der Waals surface area (Å²) in [7, 11) is -4.17. The largest absolute Gasteiger partial charge is 0.271 e. The fourth-order valence-electron chi connectivity index (χ4n) is 6.54. The minimum absolute atomic E-state index is 0.157. The van der Waals surface area contributed by atoms with Crippen molar-refractivity contribution in [3.8, 4) is 0 Å². The van der Waals surface area contributed by atoms with E-state index in [1.54, 1.807) is 30.3 Å². The molecule has 2 aliphatic rings. The molecule has 7 heteroatoms. The highest BCUT2D eigenvalue weighted by molar-refractivity contribution is 7.92. The topological polar surface area (TPSA) is 70.1 Å². The summed E-state index contributed by atoms with van der Waals surface area (Å²) in [5, 5.41) is 6.45. The third-order valence-corrected chi connectivity index (χ3v) is 10.1. The Kier molecular flexibility index (Phi) is 6.86. The molecule has 3 atom stereocenters. The molecule has 4 aromatic rings. The number of hydrogen-bond donors (Lipinski definition) is 0. The van der Waals surface area contributed by atoms with Gasteiger partial charge in [-0.15, -0.1) is 6.58 Å². The molecule has 212 valence electrons. The quantitative estimate of drug-likeness (QED) is 0.227. The summed E-state index contributed by atoms with van der Waals surface area (Å²) in [6.45, 7) is 10.1. The second-order valence-electron chi connectivity index (χ2n) is 11.2. The molecule has 0 saturated heterocycles. The Morgan fingerprint density at radius 1 is 0.857 bits per heavy atom. The van der Waals surface area contributed by atoms with Gasteiger partial charge in [0.2, 0.25) is 0 Å². The molecule has 0 saturated carbocycles. The molecule has 0 aromatic heterocycles. The summed E-state index contributed by atoms with van der Waals surface area (Å²) < 4.78 is 31.2. The molecule has 6 nitrogen and oxygen atoms in total. The predicted octanol–water partition coefficient (Wildman–Crippen LogP) is 7.26. The summed E-state index contributed by atoms with van der Waals surface area (Å²) in [6.07, 6.45) is 1.79. The van der Waals surface area contributed by atoms with Crippen LogP contribution >= 0.6 is 0 Å². The Morgan fingerprint density at radius 3 is 2.07 bits per heavy atom. The molecule has 0 bridgehead atoms. The number of hydrazone groups is 1. The first kappa shape index (κ1) is 27.7. The minimum Gasteiger partial charge on any atom is -0.271 e. The molecule has 0 unspecified atom stereocenters. The van der Waals surface area contributed by atoms with Gasteiger partial charge in [-0.3, -0.25) is 9.10 Å². The molecule has 2 aliphatic heterocycles. The van der Waals surface area contributed by atoms with Crippen LogP contribution in [0.4, 0.5) is 11.4 Å². The van der Waals surface area contributed by atoms with Crippen molar-refractivity contribution in [2.45, 2.75) is 37.6 Å². The van der Waals surface area contributed by atoms with Crippen LogP contribution in [0, 0.1) is 18.3 Å². The number of carbonyl (C=O) groups is 1. The van der Waals surface area contributed by atoms with Crippen LogP contribution in [0.5, 0.6) is 0 Å². The maximum absolute atomic E-state index is 15.2. The van der Waals surface area contributed by atoms with Gasteiger partial charge in [-0.2, -0.15) is 10.1 Å². The maximum Gasteiger partial charge on any atom is 0.264 e. The number of para-hydroxylation sites is 2. The second-order valence-corrected chi connectivity index (χ2v) is 13.0. The zero-order valence-corrected chi connectivity index (χ0v) is 24.7. The molecule has 0 aliphatic carbocycles. The number of allylic oxidation sites excluding steroid dienone is 1. The number of nitrogens with zero attached hydrogens (tertiary/aromatic N) is 3. The van der Waals surface area contributed by atoms with Crippen molar-refractivity contribution in [3.63, 3.8) is 0 Å². The molecular formula is C35H33N3O3S. The van der Waals surface area contributed by atoms with E-state index in [0.29, 0.717) is 28.2 Å². The van der Waals surface area contributed by atoms with Crippen LogP contribution in [0.2, 0.25) is 0 Å². The van der Waals surface area contributed by atoms with Gasteiger partial charge in [-0.1, -0.05) is 104 Å². The maximum atomic E-state index is 15.2. The van der Waals surface area contributed by atoms with E-state index < -0.39 is 27.4 Å². The minimum atomic E-state index is -4.17. The lowest BCUT2D eigenvalue weighted by atomic mass is 9.58. The number of amides is 1. The van der Waals surface area contributed by atoms with Gasteiger partial charge in [0, 0.05) is 5.92 Å². The second kappa shape index (κ2) is 10.4. The lowest BCUT2D eigenvalue weighted by Gasteiger charge is -2.52. The number of benzene rings is 4. The fraction of sp³-hybridized carbons (Fsp3) is 0.200. The van der Waals surface area contributed by atoms with E-state index in [0.717, 1.165) is 5.56 Å². The molecule has 6 rings (SSSR count). The average molecular weight is 576 g/mol. The van der Waals surface area contributed by atoms with Gasteiger partial charge in [0.15, 0.2) is 0 Å². The van der Waals surface area contributed by atoms with E-state index in [2.05, 4.69) is 6.58 Å². The Labute approximate surface area is 247 Å². The number of sulfonamides is 1. The lowest BCUT2D eigenvalue weighted by Crippen LogP contribution is -2.59. The molecule has 0 fully saturated rings. The van der Waals surface area contributed by atoms with E-state index in [9.17, 15) is 8.42 Å². The highest BCUT2D eigenvalue weighted by Crippen LogP contribution is 2.62. The predicted molar refractivity (Wildman–Crippen MR) is 168 cm³/mol. The average Bonchev–Trinajstić information content (AvgIpc) is 3.30. The van der Waals surface area contributed by atoms with Crippen LogP contribution < -0.4 is 9.31 Å². The number of carbonyl (C=O) groups excluding carboxylic acids is 1.